The maximum Gasteiger partial charge on any atom is 0.137 e. The minimum Gasteiger partial charge on any atom is -0.398 e. The highest BCUT2D eigenvalue weighted by molar-refractivity contribution is 9.10. The summed E-state index contributed by atoms with van der Waals surface area (Å²) < 4.78 is 9.07. The van der Waals surface area contributed by atoms with Crippen LogP contribution in [-0.4, -0.2) is 39.6 Å². The van der Waals surface area contributed by atoms with Crippen LogP contribution in [-0.2, 0) is 11.3 Å². The Morgan fingerprint density at radius 2 is 1.81 bits per heavy atom. The van der Waals surface area contributed by atoms with Gasteiger partial charge in [0.1, 0.15) is 5.65 Å². The number of morpholine rings is 1. The average Bonchev–Trinajstić information content (AvgIpc) is 2.92. The highest BCUT2D eigenvalue weighted by Crippen LogP contribution is 2.28. The minimum atomic E-state index is 0.235. The second-order valence-electron chi connectivity index (χ2n) is 7.06. The van der Waals surface area contributed by atoms with E-state index in [4.69, 9.17) is 15.5 Å². The molecule has 4 rings (SSSR count). The molecule has 3 heterocycles. The summed E-state index contributed by atoms with van der Waals surface area (Å²) in [6.07, 6.45) is 2.44. The average molecular weight is 415 g/mol. The van der Waals surface area contributed by atoms with Crippen molar-refractivity contribution in [2.75, 3.05) is 18.8 Å². The van der Waals surface area contributed by atoms with Crippen molar-refractivity contribution < 1.29 is 4.74 Å². The summed E-state index contributed by atoms with van der Waals surface area (Å²) in [6, 6.07) is 12.2. The van der Waals surface area contributed by atoms with Crippen molar-refractivity contribution in [3.63, 3.8) is 0 Å². The number of benzene rings is 1. The van der Waals surface area contributed by atoms with Gasteiger partial charge in [-0.2, -0.15) is 0 Å². The molecule has 0 radical (unpaired) electrons. The van der Waals surface area contributed by atoms with Crippen LogP contribution in [0.3, 0.4) is 0 Å². The number of nitrogens with zero attached hydrogens (tertiary/aromatic N) is 3. The molecular weight excluding hydrogens is 392 g/mol. The number of halogens is 1. The molecule has 1 fully saturated rings. The van der Waals surface area contributed by atoms with Crippen molar-refractivity contribution >= 4 is 27.3 Å². The smallest absolute Gasteiger partial charge is 0.137 e. The fourth-order valence-corrected chi connectivity index (χ4v) is 3.99. The third-order valence-electron chi connectivity index (χ3n) is 4.73. The number of hydrogen-bond acceptors (Lipinski definition) is 4. The number of nitrogens with two attached hydrogens (primary N) is 1. The van der Waals surface area contributed by atoms with E-state index < -0.39 is 0 Å². The summed E-state index contributed by atoms with van der Waals surface area (Å²) in [4.78, 5) is 7.33. The molecule has 1 aliphatic rings. The molecule has 1 aromatic carbocycles. The number of rotatable bonds is 3. The lowest BCUT2D eigenvalue weighted by Gasteiger charge is -2.35. The third kappa shape index (κ3) is 3.49. The van der Waals surface area contributed by atoms with Crippen LogP contribution in [0.15, 0.2) is 47.1 Å². The van der Waals surface area contributed by atoms with Crippen molar-refractivity contribution in [3.8, 4) is 11.3 Å². The molecule has 1 saturated heterocycles. The molecule has 0 aliphatic carbocycles. The van der Waals surface area contributed by atoms with E-state index in [0.717, 1.165) is 52.4 Å². The normalized spacial score (nSPS) is 21.3. The van der Waals surface area contributed by atoms with E-state index in [1.165, 1.54) is 0 Å². The molecule has 2 atom stereocenters. The summed E-state index contributed by atoms with van der Waals surface area (Å²) in [7, 11) is 0. The molecule has 1 aliphatic heterocycles. The van der Waals surface area contributed by atoms with E-state index >= 15 is 0 Å². The quantitative estimate of drug-likeness (QED) is 0.704. The number of nitrogen functional groups attached to an aromatic ring is 1. The van der Waals surface area contributed by atoms with Gasteiger partial charge in [0.25, 0.3) is 0 Å². The second kappa shape index (κ2) is 7.02. The summed E-state index contributed by atoms with van der Waals surface area (Å²) in [6.45, 7) is 6.91. The van der Waals surface area contributed by atoms with Crippen LogP contribution in [0, 0.1) is 0 Å². The summed E-state index contributed by atoms with van der Waals surface area (Å²) >= 11 is 3.51. The van der Waals surface area contributed by atoms with Gasteiger partial charge in [0.05, 0.1) is 23.6 Å². The molecule has 5 nitrogen and oxygen atoms in total. The van der Waals surface area contributed by atoms with E-state index in [9.17, 15) is 0 Å². The van der Waals surface area contributed by atoms with E-state index in [2.05, 4.69) is 63.3 Å². The first-order valence-corrected chi connectivity index (χ1v) is 9.69. The van der Waals surface area contributed by atoms with Gasteiger partial charge in [0.15, 0.2) is 0 Å². The Balaban J connectivity index is 1.78. The molecule has 6 heteroatoms. The molecule has 2 aromatic heterocycles. The van der Waals surface area contributed by atoms with Crippen LogP contribution in [0.1, 0.15) is 19.5 Å². The maximum atomic E-state index is 6.05. The zero-order valence-electron chi connectivity index (χ0n) is 15.0. The van der Waals surface area contributed by atoms with Crippen molar-refractivity contribution in [1.29, 1.82) is 0 Å². The third-order valence-corrected chi connectivity index (χ3v) is 5.26. The van der Waals surface area contributed by atoms with E-state index in [-0.39, 0.29) is 12.2 Å². The predicted octanol–water partition coefficient (Wildman–Crippen LogP) is 3.96. The fourth-order valence-electron chi connectivity index (χ4n) is 3.73. The SMILES string of the molecule is CC1CN(Cc2c(-c3ccc(Br)cc3)nc3ccc(N)cn23)CC(C)O1. The molecule has 3 aromatic rings. The van der Waals surface area contributed by atoms with Crippen LogP contribution in [0.2, 0.25) is 0 Å². The summed E-state index contributed by atoms with van der Waals surface area (Å²) in [5.41, 5.74) is 11.0. The molecule has 2 N–H and O–H groups in total. The standard InChI is InChI=1S/C20H23BrN4O/c1-13-9-24(10-14(2)26-13)12-18-20(15-3-5-16(21)6-4-15)23-19-8-7-17(22)11-25(18)19/h3-8,11,13-14H,9-10,12,22H2,1-2H3. The van der Waals surface area contributed by atoms with Gasteiger partial charge < -0.3 is 14.9 Å². The van der Waals surface area contributed by atoms with Gasteiger partial charge >= 0.3 is 0 Å². The predicted molar refractivity (Wildman–Crippen MR) is 108 cm³/mol. The van der Waals surface area contributed by atoms with Crippen molar-refractivity contribution in [3.05, 3.63) is 52.8 Å². The zero-order valence-corrected chi connectivity index (χ0v) is 16.6. The molecule has 0 spiro atoms. The Labute approximate surface area is 161 Å². The van der Waals surface area contributed by atoms with Crippen molar-refractivity contribution in [1.82, 2.24) is 14.3 Å². The summed E-state index contributed by atoms with van der Waals surface area (Å²) in [5, 5.41) is 0. The van der Waals surface area contributed by atoms with Crippen molar-refractivity contribution in [2.45, 2.75) is 32.6 Å². The number of aromatic nitrogens is 2. The van der Waals surface area contributed by atoms with Gasteiger partial charge in [0, 0.05) is 41.6 Å². The van der Waals surface area contributed by atoms with Gasteiger partial charge in [-0.25, -0.2) is 4.98 Å². The Bertz CT molecular complexity index is 911. The number of hydrogen-bond donors (Lipinski definition) is 1. The van der Waals surface area contributed by atoms with E-state index in [1.807, 2.05) is 18.3 Å². The van der Waals surface area contributed by atoms with E-state index in [1.54, 1.807) is 0 Å². The Kier molecular flexibility index (Phi) is 4.73. The molecular formula is C20H23BrN4O. The molecule has 0 amide bonds. The van der Waals surface area contributed by atoms with Crippen LogP contribution in [0.4, 0.5) is 5.69 Å². The molecule has 136 valence electrons. The van der Waals surface area contributed by atoms with Crippen LogP contribution in [0.25, 0.3) is 16.9 Å². The number of anilines is 1. The number of fused-ring (bicyclic) bond motifs is 1. The first kappa shape index (κ1) is 17.5. The number of ether oxygens (including phenoxy) is 1. The lowest BCUT2D eigenvalue weighted by atomic mass is 10.1. The first-order valence-electron chi connectivity index (χ1n) is 8.90. The highest BCUT2D eigenvalue weighted by Gasteiger charge is 2.25. The fraction of sp³-hybridized carbons (Fsp3) is 0.350. The maximum absolute atomic E-state index is 6.05. The molecule has 2 unspecified atom stereocenters. The van der Waals surface area contributed by atoms with Gasteiger partial charge in [-0.1, -0.05) is 28.1 Å². The first-order chi connectivity index (χ1) is 12.5. The van der Waals surface area contributed by atoms with Crippen LogP contribution < -0.4 is 5.73 Å². The van der Waals surface area contributed by atoms with Crippen molar-refractivity contribution in [2.24, 2.45) is 0 Å². The highest BCUT2D eigenvalue weighted by atomic mass is 79.9. The number of pyridine rings is 1. The monoisotopic (exact) mass is 414 g/mol. The van der Waals surface area contributed by atoms with Gasteiger partial charge in [-0.15, -0.1) is 0 Å². The number of imidazole rings is 1. The molecule has 0 saturated carbocycles. The lowest BCUT2D eigenvalue weighted by Crippen LogP contribution is -2.45. The topological polar surface area (TPSA) is 55.8 Å². The Morgan fingerprint density at radius 3 is 2.50 bits per heavy atom. The van der Waals surface area contributed by atoms with Crippen LogP contribution >= 0.6 is 15.9 Å². The van der Waals surface area contributed by atoms with Gasteiger partial charge in [0.2, 0.25) is 0 Å². The largest absolute Gasteiger partial charge is 0.398 e. The minimum absolute atomic E-state index is 0.235. The molecule has 26 heavy (non-hydrogen) atoms. The van der Waals surface area contributed by atoms with E-state index in [0.29, 0.717) is 0 Å². The van der Waals surface area contributed by atoms with Gasteiger partial charge in [-0.05, 0) is 38.1 Å². The lowest BCUT2D eigenvalue weighted by molar-refractivity contribution is -0.0707. The second-order valence-corrected chi connectivity index (χ2v) is 7.97. The summed E-state index contributed by atoms with van der Waals surface area (Å²) in [5.74, 6) is 0. The zero-order chi connectivity index (χ0) is 18.3. The Morgan fingerprint density at radius 1 is 1.12 bits per heavy atom. The molecule has 0 bridgehead atoms. The Hall–Kier alpha value is -1.89. The van der Waals surface area contributed by atoms with Crippen LogP contribution in [0.5, 0.6) is 0 Å². The van der Waals surface area contributed by atoms with Gasteiger partial charge in [-0.3, -0.25) is 4.90 Å².